The highest BCUT2D eigenvalue weighted by atomic mass is 31.2. The number of para-hydroxylation sites is 1. The molecule has 0 bridgehead atoms. The molecule has 0 aromatic heterocycles. The third-order valence-electron chi connectivity index (χ3n) is 3.99. The molecule has 0 saturated carbocycles. The maximum atomic E-state index is 14.0. The topological polar surface area (TPSA) is 29.1 Å². The first-order chi connectivity index (χ1) is 11.1. The summed E-state index contributed by atoms with van der Waals surface area (Å²) in [6.45, 7) is 4.07. The van der Waals surface area contributed by atoms with Gasteiger partial charge in [-0.25, -0.2) is 0 Å². The van der Waals surface area contributed by atoms with E-state index in [0.717, 1.165) is 27.4 Å². The zero-order valence-corrected chi connectivity index (χ0v) is 14.3. The van der Waals surface area contributed by atoms with Crippen molar-refractivity contribution in [3.8, 4) is 0 Å². The Balaban J connectivity index is 2.16. The Morgan fingerprint density at radius 3 is 1.52 bits per heavy atom. The number of aryl methyl sites for hydroxylation is 2. The third-order valence-corrected chi connectivity index (χ3v) is 6.58. The first-order valence-electron chi connectivity index (χ1n) is 7.67. The summed E-state index contributed by atoms with van der Waals surface area (Å²) in [4.78, 5) is 0. The second-order valence-electron chi connectivity index (χ2n) is 5.66. The standard InChI is InChI=1S/C20H20NOP/c1-16-10-9-11-17(2)20(16)21-23(22,18-12-5-3-6-13-18)19-14-7-4-8-15-19/h3-15H,1-2H3,(H,21,22). The Labute approximate surface area is 137 Å². The molecular weight excluding hydrogens is 301 g/mol. The first-order valence-corrected chi connectivity index (χ1v) is 9.38. The lowest BCUT2D eigenvalue weighted by molar-refractivity contribution is 0.590. The highest BCUT2D eigenvalue weighted by Gasteiger charge is 2.28. The van der Waals surface area contributed by atoms with Gasteiger partial charge >= 0.3 is 0 Å². The van der Waals surface area contributed by atoms with E-state index in [1.165, 1.54) is 0 Å². The van der Waals surface area contributed by atoms with Crippen molar-refractivity contribution < 1.29 is 4.57 Å². The molecule has 3 heteroatoms. The molecule has 3 aromatic carbocycles. The lowest BCUT2D eigenvalue weighted by atomic mass is 10.1. The average molecular weight is 321 g/mol. The van der Waals surface area contributed by atoms with Gasteiger partial charge < -0.3 is 5.09 Å². The van der Waals surface area contributed by atoms with Gasteiger partial charge in [-0.1, -0.05) is 54.6 Å². The SMILES string of the molecule is Cc1cccc(C)c1NP(=O)(c1ccccc1)c1ccccc1. The molecule has 0 aliphatic rings. The smallest absolute Gasteiger partial charge is 0.227 e. The number of benzene rings is 3. The predicted molar refractivity (Wildman–Crippen MR) is 99.3 cm³/mol. The minimum absolute atomic E-state index is 0.814. The van der Waals surface area contributed by atoms with Gasteiger partial charge in [-0.2, -0.15) is 0 Å². The molecule has 0 heterocycles. The molecule has 0 saturated heterocycles. The molecule has 0 spiro atoms. The molecule has 2 nitrogen and oxygen atoms in total. The molecule has 0 aliphatic heterocycles. The fourth-order valence-corrected chi connectivity index (χ4v) is 5.11. The highest BCUT2D eigenvalue weighted by Crippen LogP contribution is 2.44. The molecule has 0 aliphatic carbocycles. The monoisotopic (exact) mass is 321 g/mol. The normalized spacial score (nSPS) is 11.2. The third kappa shape index (κ3) is 3.09. The van der Waals surface area contributed by atoms with Gasteiger partial charge in [-0.05, 0) is 49.2 Å². The molecule has 116 valence electrons. The van der Waals surface area contributed by atoms with E-state index in [2.05, 4.69) is 5.09 Å². The van der Waals surface area contributed by atoms with Crippen LogP contribution >= 0.6 is 7.29 Å². The number of hydrogen-bond acceptors (Lipinski definition) is 1. The van der Waals surface area contributed by atoms with Crippen molar-refractivity contribution in [2.75, 3.05) is 5.09 Å². The Hall–Kier alpha value is -2.31. The number of anilines is 1. The van der Waals surface area contributed by atoms with Gasteiger partial charge in [0.05, 0.1) is 0 Å². The Morgan fingerprint density at radius 1 is 0.652 bits per heavy atom. The quantitative estimate of drug-likeness (QED) is 0.709. The average Bonchev–Trinajstić information content (AvgIpc) is 2.60. The van der Waals surface area contributed by atoms with Crippen LogP contribution < -0.4 is 15.7 Å². The van der Waals surface area contributed by atoms with Crippen LogP contribution in [0.15, 0.2) is 78.9 Å². The van der Waals surface area contributed by atoms with Crippen LogP contribution in [0.2, 0.25) is 0 Å². The minimum Gasteiger partial charge on any atom is -0.329 e. The molecule has 0 amide bonds. The van der Waals surface area contributed by atoms with Crippen molar-refractivity contribution in [2.24, 2.45) is 0 Å². The number of nitrogens with one attached hydrogen (secondary N) is 1. The van der Waals surface area contributed by atoms with Crippen LogP contribution in [0, 0.1) is 13.8 Å². The van der Waals surface area contributed by atoms with Crippen molar-refractivity contribution >= 4 is 23.6 Å². The summed E-state index contributed by atoms with van der Waals surface area (Å²) in [5.41, 5.74) is 3.14. The summed E-state index contributed by atoms with van der Waals surface area (Å²) in [5, 5.41) is 5.01. The van der Waals surface area contributed by atoms with Crippen LogP contribution in [0.4, 0.5) is 5.69 Å². The van der Waals surface area contributed by atoms with Gasteiger partial charge in [0, 0.05) is 16.3 Å². The van der Waals surface area contributed by atoms with Crippen molar-refractivity contribution in [3.63, 3.8) is 0 Å². The van der Waals surface area contributed by atoms with Crippen LogP contribution in [0.1, 0.15) is 11.1 Å². The van der Waals surface area contributed by atoms with Crippen LogP contribution in [-0.4, -0.2) is 0 Å². The van der Waals surface area contributed by atoms with Crippen LogP contribution in [0.25, 0.3) is 0 Å². The minimum atomic E-state index is -2.95. The summed E-state index contributed by atoms with van der Waals surface area (Å²) >= 11 is 0. The summed E-state index contributed by atoms with van der Waals surface area (Å²) in [7, 11) is -2.95. The zero-order valence-electron chi connectivity index (χ0n) is 13.4. The molecule has 3 aromatic rings. The van der Waals surface area contributed by atoms with Crippen LogP contribution in [0.5, 0.6) is 0 Å². The van der Waals surface area contributed by atoms with Gasteiger partial charge in [0.25, 0.3) is 0 Å². The highest BCUT2D eigenvalue weighted by molar-refractivity contribution is 7.80. The second-order valence-corrected chi connectivity index (χ2v) is 8.13. The van der Waals surface area contributed by atoms with Gasteiger partial charge in [0.2, 0.25) is 7.29 Å². The fraction of sp³-hybridized carbons (Fsp3) is 0.100. The second kappa shape index (κ2) is 6.44. The molecule has 3 rings (SSSR count). The molecule has 0 unspecified atom stereocenters. The summed E-state index contributed by atoms with van der Waals surface area (Å²) in [5.74, 6) is 0. The summed E-state index contributed by atoms with van der Waals surface area (Å²) in [6, 6.07) is 25.4. The molecule has 0 atom stereocenters. The van der Waals surface area contributed by atoms with E-state index in [-0.39, 0.29) is 0 Å². The summed E-state index contributed by atoms with van der Waals surface area (Å²) < 4.78 is 14.0. The molecule has 23 heavy (non-hydrogen) atoms. The number of rotatable bonds is 4. The van der Waals surface area contributed by atoms with Crippen LogP contribution in [0.3, 0.4) is 0 Å². The largest absolute Gasteiger partial charge is 0.329 e. The molecule has 1 N–H and O–H groups in total. The van der Waals surface area contributed by atoms with E-state index >= 15 is 0 Å². The van der Waals surface area contributed by atoms with E-state index in [1.807, 2.05) is 92.7 Å². The van der Waals surface area contributed by atoms with Gasteiger partial charge in [0.15, 0.2) is 0 Å². The van der Waals surface area contributed by atoms with E-state index in [9.17, 15) is 4.57 Å². The molecular formula is C20H20NOP. The lowest BCUT2D eigenvalue weighted by Crippen LogP contribution is -2.22. The van der Waals surface area contributed by atoms with Crippen LogP contribution in [-0.2, 0) is 4.57 Å². The van der Waals surface area contributed by atoms with Crippen molar-refractivity contribution in [3.05, 3.63) is 90.0 Å². The van der Waals surface area contributed by atoms with Crippen molar-refractivity contribution in [1.29, 1.82) is 0 Å². The van der Waals surface area contributed by atoms with E-state index in [4.69, 9.17) is 0 Å². The van der Waals surface area contributed by atoms with Gasteiger partial charge in [0.1, 0.15) is 0 Å². The van der Waals surface area contributed by atoms with E-state index < -0.39 is 7.29 Å². The van der Waals surface area contributed by atoms with Crippen molar-refractivity contribution in [1.82, 2.24) is 0 Å². The maximum absolute atomic E-state index is 14.0. The lowest BCUT2D eigenvalue weighted by Gasteiger charge is -2.24. The summed E-state index contributed by atoms with van der Waals surface area (Å²) in [6.07, 6.45) is 0. The zero-order chi connectivity index (χ0) is 16.3. The van der Waals surface area contributed by atoms with Crippen molar-refractivity contribution in [2.45, 2.75) is 13.8 Å². The maximum Gasteiger partial charge on any atom is 0.227 e. The number of hydrogen-bond donors (Lipinski definition) is 1. The Kier molecular flexibility index (Phi) is 4.36. The van der Waals surface area contributed by atoms with Gasteiger partial charge in [-0.15, -0.1) is 0 Å². The Bertz CT molecular complexity index is 780. The predicted octanol–water partition coefficient (Wildman–Crippen LogP) is 4.64. The first kappa shape index (κ1) is 15.6. The molecule has 0 radical (unpaired) electrons. The van der Waals surface area contributed by atoms with Gasteiger partial charge in [-0.3, -0.25) is 4.57 Å². The van der Waals surface area contributed by atoms with E-state index in [0.29, 0.717) is 0 Å². The van der Waals surface area contributed by atoms with E-state index in [1.54, 1.807) is 0 Å². The Morgan fingerprint density at radius 2 is 1.09 bits per heavy atom. The fourth-order valence-electron chi connectivity index (χ4n) is 2.70. The molecule has 0 fully saturated rings.